The number of ether oxygens (including phenoxy) is 1. The van der Waals surface area contributed by atoms with Crippen LogP contribution in [0.15, 0.2) is 42.0 Å². The molecule has 0 saturated heterocycles. The number of fused-ring (bicyclic) bond motifs is 2. The molecule has 3 nitrogen and oxygen atoms in total. The molecule has 0 amide bonds. The summed E-state index contributed by atoms with van der Waals surface area (Å²) in [7, 11) is 0. The van der Waals surface area contributed by atoms with Crippen molar-refractivity contribution in [2.24, 2.45) is 0 Å². The summed E-state index contributed by atoms with van der Waals surface area (Å²) in [6, 6.07) is 8.83. The maximum absolute atomic E-state index is 5.79. The highest BCUT2D eigenvalue weighted by molar-refractivity contribution is 7.17. The molecule has 1 aromatic carbocycles. The highest BCUT2D eigenvalue weighted by atomic mass is 32.1. The van der Waals surface area contributed by atoms with Gasteiger partial charge in [-0.25, -0.2) is 0 Å². The Labute approximate surface area is 109 Å². The van der Waals surface area contributed by atoms with E-state index in [0.717, 1.165) is 18.8 Å². The van der Waals surface area contributed by atoms with E-state index in [2.05, 4.69) is 28.7 Å². The first-order valence-electron chi connectivity index (χ1n) is 6.05. The van der Waals surface area contributed by atoms with E-state index in [4.69, 9.17) is 4.74 Å². The highest BCUT2D eigenvalue weighted by Gasteiger charge is 2.23. The third-order valence-corrected chi connectivity index (χ3v) is 4.32. The first kappa shape index (κ1) is 10.1. The van der Waals surface area contributed by atoms with Crippen molar-refractivity contribution in [1.82, 2.24) is 9.78 Å². The van der Waals surface area contributed by atoms with Crippen LogP contribution in [-0.4, -0.2) is 16.4 Å². The maximum atomic E-state index is 5.79. The van der Waals surface area contributed by atoms with Crippen LogP contribution in [0.1, 0.15) is 18.0 Å². The summed E-state index contributed by atoms with van der Waals surface area (Å²) in [5.74, 6) is 1.01. The highest BCUT2D eigenvalue weighted by Crippen LogP contribution is 2.38. The molecule has 0 bridgehead atoms. The predicted octanol–water partition coefficient (Wildman–Crippen LogP) is 3.47. The molecular weight excluding hydrogens is 244 g/mol. The van der Waals surface area contributed by atoms with Crippen molar-refractivity contribution in [3.05, 3.63) is 47.6 Å². The molecule has 0 N–H and O–H groups in total. The van der Waals surface area contributed by atoms with Crippen molar-refractivity contribution in [2.75, 3.05) is 6.61 Å². The Hall–Kier alpha value is -1.81. The lowest BCUT2D eigenvalue weighted by Crippen LogP contribution is -2.20. The molecule has 2 aromatic heterocycles. The van der Waals surface area contributed by atoms with Gasteiger partial charge < -0.3 is 4.74 Å². The van der Waals surface area contributed by atoms with E-state index >= 15 is 0 Å². The summed E-state index contributed by atoms with van der Waals surface area (Å²) in [5, 5.41) is 7.79. The fourth-order valence-electron chi connectivity index (χ4n) is 2.57. The summed E-state index contributed by atoms with van der Waals surface area (Å²) in [4.78, 5) is 0. The number of benzene rings is 1. The van der Waals surface area contributed by atoms with Gasteiger partial charge in [-0.05, 0) is 35.0 Å². The van der Waals surface area contributed by atoms with Crippen LogP contribution in [0.2, 0.25) is 0 Å². The Kier molecular flexibility index (Phi) is 2.17. The largest absolute Gasteiger partial charge is 0.493 e. The van der Waals surface area contributed by atoms with Gasteiger partial charge in [-0.3, -0.25) is 4.68 Å². The van der Waals surface area contributed by atoms with Gasteiger partial charge >= 0.3 is 0 Å². The summed E-state index contributed by atoms with van der Waals surface area (Å²) in [5.41, 5.74) is 1.25. The first-order valence-corrected chi connectivity index (χ1v) is 6.93. The van der Waals surface area contributed by atoms with E-state index in [1.54, 1.807) is 11.3 Å². The number of hydrogen-bond acceptors (Lipinski definition) is 3. The van der Waals surface area contributed by atoms with Crippen molar-refractivity contribution in [3.63, 3.8) is 0 Å². The van der Waals surface area contributed by atoms with Gasteiger partial charge in [0, 0.05) is 29.1 Å². The molecule has 0 radical (unpaired) electrons. The van der Waals surface area contributed by atoms with Crippen molar-refractivity contribution >= 4 is 21.4 Å². The van der Waals surface area contributed by atoms with Crippen molar-refractivity contribution in [3.8, 4) is 5.75 Å². The number of thiophene rings is 1. The lowest BCUT2D eigenvalue weighted by molar-refractivity contribution is 0.250. The second kappa shape index (κ2) is 3.85. The monoisotopic (exact) mass is 256 g/mol. The van der Waals surface area contributed by atoms with Crippen LogP contribution < -0.4 is 4.74 Å². The summed E-state index contributed by atoms with van der Waals surface area (Å²) in [6.45, 7) is 0.758. The number of hydrogen-bond donors (Lipinski definition) is 0. The van der Waals surface area contributed by atoms with Gasteiger partial charge in [0.1, 0.15) is 5.75 Å². The SMILES string of the molecule is c1cnn(C2CCOc3cc4sccc4cc32)c1. The smallest absolute Gasteiger partial charge is 0.126 e. The Morgan fingerprint density at radius 1 is 1.39 bits per heavy atom. The average Bonchev–Trinajstić information content (AvgIpc) is 3.06. The average molecular weight is 256 g/mol. The molecule has 1 unspecified atom stereocenters. The zero-order valence-electron chi connectivity index (χ0n) is 9.74. The lowest BCUT2D eigenvalue weighted by atomic mass is 9.99. The molecule has 0 spiro atoms. The van der Waals surface area contributed by atoms with Crippen molar-refractivity contribution in [2.45, 2.75) is 12.5 Å². The van der Waals surface area contributed by atoms with Crippen LogP contribution in [0.25, 0.3) is 10.1 Å². The molecule has 3 aromatic rings. The molecule has 90 valence electrons. The Morgan fingerprint density at radius 2 is 2.39 bits per heavy atom. The summed E-state index contributed by atoms with van der Waals surface area (Å²) < 4.78 is 9.11. The van der Waals surface area contributed by atoms with Crippen LogP contribution in [0.4, 0.5) is 0 Å². The predicted molar refractivity (Wildman–Crippen MR) is 72.3 cm³/mol. The van der Waals surface area contributed by atoms with Gasteiger partial charge in [-0.1, -0.05) is 0 Å². The number of nitrogens with zero attached hydrogens (tertiary/aromatic N) is 2. The van der Waals surface area contributed by atoms with Crippen molar-refractivity contribution in [1.29, 1.82) is 0 Å². The van der Waals surface area contributed by atoms with E-state index in [9.17, 15) is 0 Å². The van der Waals surface area contributed by atoms with Crippen LogP contribution in [0, 0.1) is 0 Å². The zero-order valence-corrected chi connectivity index (χ0v) is 10.6. The van der Waals surface area contributed by atoms with Gasteiger partial charge in [0.2, 0.25) is 0 Å². The number of aromatic nitrogens is 2. The molecule has 1 atom stereocenters. The fourth-order valence-corrected chi connectivity index (χ4v) is 3.37. The van der Waals surface area contributed by atoms with Gasteiger partial charge in [0.25, 0.3) is 0 Å². The Balaban J connectivity index is 1.91. The van der Waals surface area contributed by atoms with Crippen LogP contribution >= 0.6 is 11.3 Å². The van der Waals surface area contributed by atoms with Gasteiger partial charge in [0.15, 0.2) is 0 Å². The maximum Gasteiger partial charge on any atom is 0.126 e. The molecule has 3 heterocycles. The van der Waals surface area contributed by atoms with E-state index in [1.165, 1.54) is 15.6 Å². The third kappa shape index (κ3) is 1.46. The molecule has 4 heteroatoms. The Morgan fingerprint density at radius 3 is 3.28 bits per heavy atom. The van der Waals surface area contributed by atoms with E-state index in [-0.39, 0.29) is 0 Å². The molecule has 0 saturated carbocycles. The second-order valence-electron chi connectivity index (χ2n) is 4.49. The second-order valence-corrected chi connectivity index (χ2v) is 5.44. The van der Waals surface area contributed by atoms with Crippen LogP contribution in [0.3, 0.4) is 0 Å². The van der Waals surface area contributed by atoms with Gasteiger partial charge in [0.05, 0.1) is 12.6 Å². The minimum Gasteiger partial charge on any atom is -0.493 e. The van der Waals surface area contributed by atoms with Gasteiger partial charge in [-0.2, -0.15) is 5.10 Å². The molecule has 18 heavy (non-hydrogen) atoms. The minimum atomic E-state index is 0.299. The van der Waals surface area contributed by atoms with Crippen molar-refractivity contribution < 1.29 is 4.74 Å². The first-order chi connectivity index (χ1) is 8.92. The normalized spacial score (nSPS) is 18.6. The quantitative estimate of drug-likeness (QED) is 0.666. The molecule has 0 fully saturated rings. The summed E-state index contributed by atoms with van der Waals surface area (Å²) >= 11 is 1.76. The standard InChI is InChI=1S/C14H12N2OS/c1-4-15-16(5-1)12-2-6-17-13-9-14-10(3-7-18-14)8-11(12)13/h1,3-5,7-9,12H,2,6H2. The third-order valence-electron chi connectivity index (χ3n) is 3.44. The van der Waals surface area contributed by atoms with E-state index < -0.39 is 0 Å². The zero-order chi connectivity index (χ0) is 11.9. The molecule has 0 aliphatic carbocycles. The summed E-state index contributed by atoms with van der Waals surface area (Å²) in [6.07, 6.45) is 4.83. The fraction of sp³-hybridized carbons (Fsp3) is 0.214. The topological polar surface area (TPSA) is 27.1 Å². The molecule has 4 rings (SSSR count). The Bertz CT molecular complexity index is 687. The van der Waals surface area contributed by atoms with Crippen LogP contribution in [0.5, 0.6) is 5.75 Å². The lowest BCUT2D eigenvalue weighted by Gasteiger charge is -2.26. The molecule has 1 aliphatic heterocycles. The van der Waals surface area contributed by atoms with Gasteiger partial charge in [-0.15, -0.1) is 11.3 Å². The van der Waals surface area contributed by atoms with Crippen LogP contribution in [-0.2, 0) is 0 Å². The molecule has 1 aliphatic rings. The van der Waals surface area contributed by atoms with E-state index in [0.29, 0.717) is 6.04 Å². The van der Waals surface area contributed by atoms with E-state index in [1.807, 2.05) is 23.1 Å². The minimum absolute atomic E-state index is 0.299. The molecular formula is C14H12N2OS. The number of rotatable bonds is 1.